The number of aromatic nitrogens is 3. The highest BCUT2D eigenvalue weighted by Gasteiger charge is 2.14. The van der Waals surface area contributed by atoms with Crippen LogP contribution in [0.25, 0.3) is 21.1 Å². The van der Waals surface area contributed by atoms with E-state index < -0.39 is 0 Å². The molecule has 4 aromatic rings. The molecule has 0 saturated carbocycles. The Kier molecular flexibility index (Phi) is 4.68. The third kappa shape index (κ3) is 3.59. The van der Waals surface area contributed by atoms with Gasteiger partial charge in [0.1, 0.15) is 6.54 Å². The van der Waals surface area contributed by atoms with Crippen molar-refractivity contribution >= 4 is 38.4 Å². The fourth-order valence-electron chi connectivity index (χ4n) is 2.88. The minimum atomic E-state index is -0.220. The summed E-state index contributed by atoms with van der Waals surface area (Å²) in [6.45, 7) is 2.44. The van der Waals surface area contributed by atoms with Gasteiger partial charge in [-0.2, -0.15) is 0 Å². The van der Waals surface area contributed by atoms with Crippen molar-refractivity contribution in [2.45, 2.75) is 19.4 Å². The zero-order valence-electron chi connectivity index (χ0n) is 14.8. The molecule has 0 aliphatic heterocycles. The molecule has 27 heavy (non-hydrogen) atoms. The fraction of sp³-hybridized carbons (Fsp3) is 0.200. The summed E-state index contributed by atoms with van der Waals surface area (Å²) in [5.74, 6) is -0.125. The van der Waals surface area contributed by atoms with Gasteiger partial charge in [-0.3, -0.25) is 14.2 Å². The van der Waals surface area contributed by atoms with E-state index in [2.05, 4.69) is 15.3 Å². The lowest BCUT2D eigenvalue weighted by Crippen LogP contribution is -2.34. The maximum atomic E-state index is 12.5. The van der Waals surface area contributed by atoms with E-state index in [-0.39, 0.29) is 23.9 Å². The number of fused-ring (bicyclic) bond motifs is 2. The highest BCUT2D eigenvalue weighted by Crippen LogP contribution is 2.26. The largest absolute Gasteiger partial charge is 0.354 e. The van der Waals surface area contributed by atoms with Crippen molar-refractivity contribution in [3.63, 3.8) is 0 Å². The van der Waals surface area contributed by atoms with Crippen molar-refractivity contribution in [3.05, 3.63) is 70.2 Å². The molecular weight excluding hydrogens is 360 g/mol. The molecule has 1 amide bonds. The van der Waals surface area contributed by atoms with Crippen molar-refractivity contribution in [2.75, 3.05) is 6.54 Å². The Balaban J connectivity index is 1.42. The zero-order chi connectivity index (χ0) is 18.8. The van der Waals surface area contributed by atoms with E-state index in [0.717, 1.165) is 15.2 Å². The minimum Gasteiger partial charge on any atom is -0.354 e. The van der Waals surface area contributed by atoms with Gasteiger partial charge < -0.3 is 5.32 Å². The van der Waals surface area contributed by atoms with Crippen LogP contribution in [0.2, 0.25) is 0 Å². The Morgan fingerprint density at radius 2 is 1.89 bits per heavy atom. The maximum Gasteiger partial charge on any atom is 0.261 e. The Hall–Kier alpha value is -3.06. The number of amides is 1. The van der Waals surface area contributed by atoms with Gasteiger partial charge in [0.05, 0.1) is 32.5 Å². The summed E-state index contributed by atoms with van der Waals surface area (Å²) in [4.78, 5) is 33.6. The van der Waals surface area contributed by atoms with Crippen LogP contribution in [0.5, 0.6) is 0 Å². The minimum absolute atomic E-state index is 0.0523. The van der Waals surface area contributed by atoms with Gasteiger partial charge in [0.25, 0.3) is 5.56 Å². The number of para-hydroxylation sites is 2. The van der Waals surface area contributed by atoms with Crippen LogP contribution in [-0.2, 0) is 11.3 Å². The van der Waals surface area contributed by atoms with E-state index in [1.165, 1.54) is 10.9 Å². The molecule has 1 unspecified atom stereocenters. The van der Waals surface area contributed by atoms with Crippen molar-refractivity contribution in [1.82, 2.24) is 19.9 Å². The summed E-state index contributed by atoms with van der Waals surface area (Å²) in [7, 11) is 0. The lowest BCUT2D eigenvalue weighted by molar-refractivity contribution is -0.121. The zero-order valence-corrected chi connectivity index (χ0v) is 15.6. The number of hydrogen-bond acceptors (Lipinski definition) is 5. The van der Waals surface area contributed by atoms with Crippen molar-refractivity contribution in [2.24, 2.45) is 0 Å². The average molecular weight is 378 g/mol. The lowest BCUT2D eigenvalue weighted by atomic mass is 10.2. The van der Waals surface area contributed by atoms with E-state index in [1.54, 1.807) is 29.5 Å². The monoisotopic (exact) mass is 378 g/mol. The Bertz CT molecular complexity index is 1150. The molecule has 4 rings (SSSR count). The maximum absolute atomic E-state index is 12.5. The van der Waals surface area contributed by atoms with Gasteiger partial charge >= 0.3 is 0 Å². The quantitative estimate of drug-likeness (QED) is 0.579. The van der Waals surface area contributed by atoms with Gasteiger partial charge in [-0.1, -0.05) is 31.2 Å². The Morgan fingerprint density at radius 1 is 1.15 bits per heavy atom. The van der Waals surface area contributed by atoms with Crippen LogP contribution in [0.1, 0.15) is 17.8 Å². The van der Waals surface area contributed by atoms with Crippen LogP contribution in [-0.4, -0.2) is 27.0 Å². The SMILES string of the molecule is CC(CNC(=O)Cn1cnc2ccccc2c1=O)c1nc2ccccc2s1. The van der Waals surface area contributed by atoms with Gasteiger partial charge in [-0.05, 0) is 24.3 Å². The molecule has 1 N–H and O–H groups in total. The van der Waals surface area contributed by atoms with E-state index in [9.17, 15) is 9.59 Å². The molecule has 0 aliphatic rings. The normalized spacial score (nSPS) is 12.3. The van der Waals surface area contributed by atoms with E-state index in [4.69, 9.17) is 0 Å². The van der Waals surface area contributed by atoms with Gasteiger partial charge in [0.15, 0.2) is 0 Å². The molecule has 0 fully saturated rings. The van der Waals surface area contributed by atoms with Crippen molar-refractivity contribution in [1.29, 1.82) is 0 Å². The van der Waals surface area contributed by atoms with Crippen LogP contribution in [0, 0.1) is 0 Å². The topological polar surface area (TPSA) is 76.9 Å². The molecule has 0 bridgehead atoms. The number of benzene rings is 2. The highest BCUT2D eigenvalue weighted by molar-refractivity contribution is 7.18. The second-order valence-electron chi connectivity index (χ2n) is 6.42. The summed E-state index contributed by atoms with van der Waals surface area (Å²) >= 11 is 1.64. The second kappa shape index (κ2) is 7.28. The second-order valence-corrected chi connectivity index (χ2v) is 7.48. The van der Waals surface area contributed by atoms with Crippen LogP contribution >= 0.6 is 11.3 Å². The fourth-order valence-corrected chi connectivity index (χ4v) is 3.90. The van der Waals surface area contributed by atoms with Crippen molar-refractivity contribution in [3.8, 4) is 0 Å². The molecule has 2 aromatic carbocycles. The van der Waals surface area contributed by atoms with Crippen molar-refractivity contribution < 1.29 is 4.79 Å². The van der Waals surface area contributed by atoms with Crippen LogP contribution in [0.15, 0.2) is 59.7 Å². The number of thiazole rings is 1. The number of hydrogen-bond donors (Lipinski definition) is 1. The first kappa shape index (κ1) is 17.4. The average Bonchev–Trinajstić information content (AvgIpc) is 3.13. The van der Waals surface area contributed by atoms with Crippen LogP contribution < -0.4 is 10.9 Å². The molecule has 0 aliphatic carbocycles. The number of carbonyl (C=O) groups is 1. The van der Waals surface area contributed by atoms with Crippen LogP contribution in [0.4, 0.5) is 0 Å². The first-order chi connectivity index (χ1) is 13.1. The molecule has 0 spiro atoms. The predicted molar refractivity (Wildman–Crippen MR) is 107 cm³/mol. The summed E-state index contributed by atoms with van der Waals surface area (Å²) < 4.78 is 2.47. The molecule has 2 heterocycles. The molecule has 6 nitrogen and oxygen atoms in total. The number of carbonyl (C=O) groups excluding carboxylic acids is 1. The first-order valence-corrected chi connectivity index (χ1v) is 9.50. The lowest BCUT2D eigenvalue weighted by Gasteiger charge is -2.11. The van der Waals surface area contributed by atoms with Gasteiger partial charge in [-0.25, -0.2) is 9.97 Å². The predicted octanol–water partition coefficient (Wildman–Crippen LogP) is 2.93. The molecular formula is C20H18N4O2S. The third-order valence-corrected chi connectivity index (χ3v) is 5.65. The molecule has 136 valence electrons. The third-order valence-electron chi connectivity index (χ3n) is 4.38. The molecule has 7 heteroatoms. The smallest absolute Gasteiger partial charge is 0.261 e. The highest BCUT2D eigenvalue weighted by atomic mass is 32.1. The molecule has 0 saturated heterocycles. The summed E-state index contributed by atoms with van der Waals surface area (Å²) in [6.07, 6.45) is 1.42. The van der Waals surface area contributed by atoms with E-state index >= 15 is 0 Å². The van der Waals surface area contributed by atoms with E-state index in [0.29, 0.717) is 17.4 Å². The first-order valence-electron chi connectivity index (χ1n) is 8.68. The molecule has 0 radical (unpaired) electrons. The number of nitrogens with zero attached hydrogens (tertiary/aromatic N) is 3. The van der Waals surface area contributed by atoms with Gasteiger partial charge in [0, 0.05) is 12.5 Å². The summed E-state index contributed by atoms with van der Waals surface area (Å²) in [5, 5.41) is 4.39. The summed E-state index contributed by atoms with van der Waals surface area (Å²) in [6, 6.07) is 15.1. The molecule has 2 aromatic heterocycles. The van der Waals surface area contributed by atoms with Gasteiger partial charge in [-0.15, -0.1) is 11.3 Å². The number of nitrogens with one attached hydrogen (secondary N) is 1. The Morgan fingerprint density at radius 3 is 2.70 bits per heavy atom. The summed E-state index contributed by atoms with van der Waals surface area (Å²) in [5.41, 5.74) is 1.39. The van der Waals surface area contributed by atoms with Gasteiger partial charge in [0.2, 0.25) is 5.91 Å². The standard InChI is InChI=1S/C20H18N4O2S/c1-13(19-23-16-8-4-5-9-17(16)27-19)10-21-18(25)11-24-12-22-15-7-3-2-6-14(15)20(24)26/h2-9,12-13H,10-11H2,1H3,(H,21,25). The van der Waals surface area contributed by atoms with Crippen LogP contribution in [0.3, 0.4) is 0 Å². The number of rotatable bonds is 5. The molecule has 1 atom stereocenters. The Labute approximate surface area is 159 Å². The van der Waals surface area contributed by atoms with E-state index in [1.807, 2.05) is 37.3 Å².